The lowest BCUT2D eigenvalue weighted by Crippen LogP contribution is -2.35. The van der Waals surface area contributed by atoms with Gasteiger partial charge in [-0.1, -0.05) is 32.0 Å². The van der Waals surface area contributed by atoms with Crippen molar-refractivity contribution in [2.24, 2.45) is 0 Å². The van der Waals surface area contributed by atoms with Crippen LogP contribution in [0.1, 0.15) is 24.2 Å². The van der Waals surface area contributed by atoms with Gasteiger partial charge in [-0.25, -0.2) is 4.98 Å². The van der Waals surface area contributed by atoms with Gasteiger partial charge in [-0.3, -0.25) is 4.79 Å². The van der Waals surface area contributed by atoms with Gasteiger partial charge in [0.25, 0.3) is 5.91 Å². The molecule has 1 N–H and O–H groups in total. The van der Waals surface area contributed by atoms with Crippen molar-refractivity contribution in [3.05, 3.63) is 51.6 Å². The molecule has 146 valence electrons. The molecule has 1 aromatic heterocycles. The van der Waals surface area contributed by atoms with E-state index >= 15 is 0 Å². The molecule has 0 aliphatic rings. The fourth-order valence-corrected chi connectivity index (χ4v) is 3.55. The van der Waals surface area contributed by atoms with Crippen molar-refractivity contribution in [3.63, 3.8) is 0 Å². The van der Waals surface area contributed by atoms with Gasteiger partial charge in [0, 0.05) is 27.4 Å². The second-order valence-electron chi connectivity index (χ2n) is 5.95. The zero-order valence-corrected chi connectivity index (χ0v) is 19.2. The Kier molecular flexibility index (Phi) is 9.73. The van der Waals surface area contributed by atoms with E-state index in [1.165, 1.54) is 0 Å². The molecule has 0 saturated heterocycles. The van der Waals surface area contributed by atoms with Crippen molar-refractivity contribution in [2.75, 3.05) is 26.2 Å². The Balaban J connectivity index is 0.00000182. The van der Waals surface area contributed by atoms with Crippen molar-refractivity contribution in [3.8, 4) is 0 Å². The molecule has 0 aliphatic carbocycles. The highest BCUT2D eigenvalue weighted by molar-refractivity contribution is 14.1. The zero-order chi connectivity index (χ0) is 17.8. The van der Waals surface area contributed by atoms with Crippen LogP contribution in [-0.2, 0) is 0 Å². The molecule has 1 amide bonds. The minimum atomic E-state index is -0.0299. The van der Waals surface area contributed by atoms with Gasteiger partial charge in [-0.05, 0) is 59.9 Å². The van der Waals surface area contributed by atoms with Crippen molar-refractivity contribution in [1.82, 2.24) is 15.2 Å². The van der Waals surface area contributed by atoms with Crippen LogP contribution in [0.3, 0.4) is 0 Å². The van der Waals surface area contributed by atoms with Crippen LogP contribution in [0.25, 0.3) is 21.8 Å². The fourth-order valence-electron chi connectivity index (χ4n) is 3.06. The molecular formula is C20H24Cl2IN3O. The third-order valence-corrected chi connectivity index (χ3v) is 5.15. The second kappa shape index (κ2) is 11.0. The summed E-state index contributed by atoms with van der Waals surface area (Å²) in [5.41, 5.74) is 2.43. The molecular weight excluding hydrogens is 496 g/mol. The van der Waals surface area contributed by atoms with Gasteiger partial charge in [0.05, 0.1) is 16.6 Å². The molecule has 27 heavy (non-hydrogen) atoms. The molecule has 7 heteroatoms. The fraction of sp³-hybridized carbons (Fsp3) is 0.300. The maximum atomic E-state index is 13.0. The van der Waals surface area contributed by atoms with E-state index in [4.69, 9.17) is 4.98 Å². The number of halogens is 3. The van der Waals surface area contributed by atoms with E-state index in [1.807, 2.05) is 42.5 Å². The Morgan fingerprint density at radius 3 is 2.41 bits per heavy atom. The molecule has 4 nitrogen and oxygen atoms in total. The average molecular weight is 520 g/mol. The lowest BCUT2D eigenvalue weighted by molar-refractivity contribution is 0.0952. The predicted octanol–water partition coefficient (Wildman–Crippen LogP) is 4.91. The number of nitrogens with zero attached hydrogens (tertiary/aromatic N) is 2. The number of carbonyl (C=O) groups excluding carboxylic acids is 1. The van der Waals surface area contributed by atoms with Gasteiger partial charge in [-0.15, -0.1) is 24.8 Å². The summed E-state index contributed by atoms with van der Waals surface area (Å²) in [4.78, 5) is 20.0. The number of likely N-dealkylation sites (N-methyl/N-ethyl adjacent to an activating group) is 1. The van der Waals surface area contributed by atoms with Gasteiger partial charge in [0.1, 0.15) is 0 Å². The van der Waals surface area contributed by atoms with Crippen LogP contribution in [-0.4, -0.2) is 42.0 Å². The van der Waals surface area contributed by atoms with Crippen molar-refractivity contribution < 1.29 is 4.79 Å². The van der Waals surface area contributed by atoms with E-state index in [1.54, 1.807) is 0 Å². The number of pyridine rings is 1. The van der Waals surface area contributed by atoms with E-state index in [9.17, 15) is 4.79 Å². The number of aromatic nitrogens is 1. The van der Waals surface area contributed by atoms with Crippen molar-refractivity contribution in [1.29, 1.82) is 0 Å². The third kappa shape index (κ3) is 5.44. The van der Waals surface area contributed by atoms with Crippen LogP contribution in [0.4, 0.5) is 0 Å². The molecule has 0 bridgehead atoms. The van der Waals surface area contributed by atoms with E-state index in [0.29, 0.717) is 6.54 Å². The molecule has 3 rings (SSSR count). The highest BCUT2D eigenvalue weighted by Crippen LogP contribution is 2.27. The number of para-hydroxylation sites is 1. The van der Waals surface area contributed by atoms with E-state index < -0.39 is 0 Å². The Morgan fingerprint density at radius 1 is 1.04 bits per heavy atom. The summed E-state index contributed by atoms with van der Waals surface area (Å²) in [5.74, 6) is -0.0299. The number of benzene rings is 2. The molecule has 0 unspecified atom stereocenters. The Hall–Kier alpha value is -1.15. The number of carbonyl (C=O) groups is 1. The summed E-state index contributed by atoms with van der Waals surface area (Å²) in [6.45, 7) is 7.76. The lowest BCUT2D eigenvalue weighted by atomic mass is 10.0. The first kappa shape index (κ1) is 23.9. The van der Waals surface area contributed by atoms with Gasteiger partial charge >= 0.3 is 0 Å². The van der Waals surface area contributed by atoms with Crippen LogP contribution in [0.5, 0.6) is 0 Å². The lowest BCUT2D eigenvalue weighted by Gasteiger charge is -2.18. The minimum Gasteiger partial charge on any atom is -0.351 e. The molecule has 0 aliphatic heterocycles. The zero-order valence-electron chi connectivity index (χ0n) is 15.4. The van der Waals surface area contributed by atoms with Crippen molar-refractivity contribution in [2.45, 2.75) is 13.8 Å². The second-order valence-corrected chi connectivity index (χ2v) is 7.19. The molecule has 3 aromatic rings. The summed E-state index contributed by atoms with van der Waals surface area (Å²) in [6, 6.07) is 13.9. The van der Waals surface area contributed by atoms with E-state index in [0.717, 1.165) is 50.6 Å². The monoisotopic (exact) mass is 519 g/mol. The highest BCUT2D eigenvalue weighted by Gasteiger charge is 2.16. The topological polar surface area (TPSA) is 45.2 Å². The largest absolute Gasteiger partial charge is 0.351 e. The first-order valence-corrected chi connectivity index (χ1v) is 9.70. The quantitative estimate of drug-likeness (QED) is 0.372. The van der Waals surface area contributed by atoms with Gasteiger partial charge < -0.3 is 10.2 Å². The highest BCUT2D eigenvalue weighted by atomic mass is 127. The standard InChI is InChI=1S/C20H22IN3O.2ClH/c1-3-24(4-2)12-11-22-20(25)19-15-7-5-6-8-17(15)23-18-10-9-14(21)13-16(18)19;;/h5-10,13H,3-4,11-12H2,1-2H3,(H,22,25);2*1H. The molecule has 0 radical (unpaired) electrons. The van der Waals surface area contributed by atoms with Crippen molar-refractivity contribution >= 4 is 75.1 Å². The minimum absolute atomic E-state index is 0. The smallest absolute Gasteiger partial charge is 0.252 e. The first-order valence-electron chi connectivity index (χ1n) is 8.62. The summed E-state index contributed by atoms with van der Waals surface area (Å²) in [5, 5.41) is 4.90. The molecule has 1 heterocycles. The molecule has 2 aromatic carbocycles. The summed E-state index contributed by atoms with van der Waals surface area (Å²) in [6.07, 6.45) is 0. The van der Waals surface area contributed by atoms with Gasteiger partial charge in [0.15, 0.2) is 0 Å². The number of hydrogen-bond donors (Lipinski definition) is 1. The van der Waals surface area contributed by atoms with Crippen LogP contribution < -0.4 is 5.32 Å². The van der Waals surface area contributed by atoms with E-state index in [-0.39, 0.29) is 30.7 Å². The molecule has 0 atom stereocenters. The molecule has 0 fully saturated rings. The number of nitrogens with one attached hydrogen (secondary N) is 1. The van der Waals surface area contributed by atoms with Crippen LogP contribution in [0.15, 0.2) is 42.5 Å². The predicted molar refractivity (Wildman–Crippen MR) is 127 cm³/mol. The summed E-state index contributed by atoms with van der Waals surface area (Å²) in [7, 11) is 0. The molecule has 0 spiro atoms. The van der Waals surface area contributed by atoms with Crippen LogP contribution in [0, 0.1) is 3.57 Å². The van der Waals surface area contributed by atoms with E-state index in [2.05, 4.69) is 46.7 Å². The average Bonchev–Trinajstić information content (AvgIpc) is 2.63. The summed E-state index contributed by atoms with van der Waals surface area (Å²) < 4.78 is 1.10. The molecule has 0 saturated carbocycles. The Morgan fingerprint density at radius 2 is 1.70 bits per heavy atom. The number of amides is 1. The maximum absolute atomic E-state index is 13.0. The van der Waals surface area contributed by atoms with Crippen LogP contribution in [0.2, 0.25) is 0 Å². The first-order chi connectivity index (χ1) is 12.1. The van der Waals surface area contributed by atoms with Gasteiger partial charge in [-0.2, -0.15) is 0 Å². The SMILES string of the molecule is CCN(CC)CCNC(=O)c1c2ccccc2nc2ccc(I)cc12.Cl.Cl. The normalized spacial score (nSPS) is 10.5. The van der Waals surface area contributed by atoms with Crippen LogP contribution >= 0.6 is 47.4 Å². The number of fused-ring (bicyclic) bond motifs is 2. The number of rotatable bonds is 6. The maximum Gasteiger partial charge on any atom is 0.252 e. The Labute approximate surface area is 186 Å². The van der Waals surface area contributed by atoms with Gasteiger partial charge in [0.2, 0.25) is 0 Å². The Bertz CT molecular complexity index is 916. The third-order valence-electron chi connectivity index (χ3n) is 4.48. The summed E-state index contributed by atoms with van der Waals surface area (Å²) >= 11 is 2.27. The number of hydrogen-bond acceptors (Lipinski definition) is 3.